The monoisotopic (exact) mass is 470 g/mol. The van der Waals surface area contributed by atoms with E-state index in [1.807, 2.05) is 57.2 Å². The van der Waals surface area contributed by atoms with E-state index in [1.165, 1.54) is 4.31 Å². The topological polar surface area (TPSA) is 84.3 Å². The van der Waals surface area contributed by atoms with Crippen LogP contribution in [-0.4, -0.2) is 41.3 Å². The summed E-state index contributed by atoms with van der Waals surface area (Å²) in [6.45, 7) is 9.32. The van der Waals surface area contributed by atoms with Gasteiger partial charge in [0, 0.05) is 32.5 Å². The van der Waals surface area contributed by atoms with E-state index in [1.54, 1.807) is 12.1 Å². The third kappa shape index (κ3) is 5.62. The van der Waals surface area contributed by atoms with Crippen LogP contribution in [0.25, 0.3) is 11.0 Å². The third-order valence-corrected chi connectivity index (χ3v) is 7.89. The lowest BCUT2D eigenvalue weighted by atomic mass is 10.1. The van der Waals surface area contributed by atoms with Crippen LogP contribution in [0.15, 0.2) is 53.4 Å². The van der Waals surface area contributed by atoms with Crippen molar-refractivity contribution in [3.8, 4) is 0 Å². The number of carbonyl (C=O) groups is 1. The molecule has 178 valence electrons. The first-order chi connectivity index (χ1) is 15.8. The normalized spacial score (nSPS) is 12.9. The number of hydrogen-bond donors (Lipinski definition) is 1. The molecule has 7 nitrogen and oxygen atoms in total. The van der Waals surface area contributed by atoms with Gasteiger partial charge in [0.25, 0.3) is 0 Å². The lowest BCUT2D eigenvalue weighted by Gasteiger charge is -2.18. The number of aryl methyl sites for hydroxylation is 2. The molecule has 0 fully saturated rings. The molecule has 1 unspecified atom stereocenters. The molecule has 0 aliphatic heterocycles. The van der Waals surface area contributed by atoms with Gasteiger partial charge < -0.3 is 9.88 Å². The van der Waals surface area contributed by atoms with Crippen LogP contribution in [0.1, 0.15) is 58.0 Å². The molecular weight excluding hydrogens is 436 g/mol. The van der Waals surface area contributed by atoms with Gasteiger partial charge in [-0.25, -0.2) is 13.4 Å². The van der Waals surface area contributed by atoms with Crippen LogP contribution < -0.4 is 5.32 Å². The number of nitrogens with zero attached hydrogens (tertiary/aromatic N) is 3. The lowest BCUT2D eigenvalue weighted by molar-refractivity contribution is -0.121. The molecular formula is C25H34N4O3S. The summed E-state index contributed by atoms with van der Waals surface area (Å²) in [4.78, 5) is 17.6. The molecule has 3 aromatic rings. The maximum atomic E-state index is 12.9. The van der Waals surface area contributed by atoms with E-state index in [-0.39, 0.29) is 16.8 Å². The van der Waals surface area contributed by atoms with Crippen LogP contribution in [0.5, 0.6) is 0 Å². The molecule has 0 spiro atoms. The van der Waals surface area contributed by atoms with Gasteiger partial charge >= 0.3 is 0 Å². The molecule has 0 radical (unpaired) electrons. The second kappa shape index (κ2) is 10.9. The molecule has 1 N–H and O–H groups in total. The van der Waals surface area contributed by atoms with Crippen molar-refractivity contribution in [2.75, 3.05) is 13.1 Å². The van der Waals surface area contributed by atoms with Crippen molar-refractivity contribution in [3.63, 3.8) is 0 Å². The number of hydrogen-bond acceptors (Lipinski definition) is 4. The Kier molecular flexibility index (Phi) is 8.26. The number of sulfonamides is 1. The quantitative estimate of drug-likeness (QED) is 0.453. The molecule has 3 rings (SSSR count). The van der Waals surface area contributed by atoms with Crippen molar-refractivity contribution < 1.29 is 13.2 Å². The number of rotatable bonds is 11. The highest BCUT2D eigenvalue weighted by Gasteiger charge is 2.23. The summed E-state index contributed by atoms with van der Waals surface area (Å²) < 4.78 is 29.4. The van der Waals surface area contributed by atoms with Crippen molar-refractivity contribution in [2.24, 2.45) is 0 Å². The van der Waals surface area contributed by atoms with Gasteiger partial charge in [-0.3, -0.25) is 4.79 Å². The maximum Gasteiger partial charge on any atom is 0.243 e. The van der Waals surface area contributed by atoms with Gasteiger partial charge in [0.05, 0.1) is 22.0 Å². The van der Waals surface area contributed by atoms with E-state index in [0.29, 0.717) is 31.4 Å². The van der Waals surface area contributed by atoms with Gasteiger partial charge in [0.1, 0.15) is 5.82 Å². The van der Waals surface area contributed by atoms with Crippen LogP contribution in [0, 0.1) is 0 Å². The zero-order chi connectivity index (χ0) is 24.0. The average Bonchev–Trinajstić information content (AvgIpc) is 3.16. The number of aromatic nitrogens is 2. The Hall–Kier alpha value is -2.71. The Bertz CT molecular complexity index is 1190. The van der Waals surface area contributed by atoms with E-state index in [9.17, 15) is 13.2 Å². The Morgan fingerprint density at radius 2 is 1.79 bits per heavy atom. The predicted octanol–water partition coefficient (Wildman–Crippen LogP) is 4.29. The summed E-state index contributed by atoms with van der Waals surface area (Å²) in [7, 11) is -3.55. The summed E-state index contributed by atoms with van der Waals surface area (Å²) in [5.41, 5.74) is 2.60. The van der Waals surface area contributed by atoms with Crippen LogP contribution >= 0.6 is 0 Å². The molecule has 1 atom stereocenters. The highest BCUT2D eigenvalue weighted by atomic mass is 32.2. The summed E-state index contributed by atoms with van der Waals surface area (Å²) in [6.07, 6.45) is 1.71. The molecule has 0 aliphatic carbocycles. The second-order valence-electron chi connectivity index (χ2n) is 8.12. The first-order valence-corrected chi connectivity index (χ1v) is 13.1. The number of carbonyl (C=O) groups excluding carboxylic acids is 1. The SMILES string of the molecule is CCCn1c(CCC(=O)NC(C)c2ccccc2)nc2cc(S(=O)(=O)N(CC)CC)ccc21. The van der Waals surface area contributed by atoms with E-state index in [0.717, 1.165) is 29.9 Å². The third-order valence-electron chi connectivity index (χ3n) is 5.84. The van der Waals surface area contributed by atoms with Crippen molar-refractivity contribution in [1.29, 1.82) is 0 Å². The fourth-order valence-corrected chi connectivity index (χ4v) is 5.54. The molecule has 8 heteroatoms. The molecule has 0 saturated heterocycles. The summed E-state index contributed by atoms with van der Waals surface area (Å²) in [6, 6.07) is 14.9. The Labute approximate surface area is 196 Å². The minimum atomic E-state index is -3.55. The molecule has 1 amide bonds. The van der Waals surface area contributed by atoms with Crippen molar-refractivity contribution in [1.82, 2.24) is 19.2 Å². The lowest BCUT2D eigenvalue weighted by Crippen LogP contribution is -2.30. The standard InChI is InChI=1S/C25H34N4O3S/c1-5-17-29-23-14-13-21(33(31,32)28(6-2)7-3)18-22(23)27-24(29)15-16-25(30)26-19(4)20-11-9-8-10-12-20/h8-14,18-19H,5-7,15-17H2,1-4H3,(H,26,30). The summed E-state index contributed by atoms with van der Waals surface area (Å²) in [5.74, 6) is 0.762. The van der Waals surface area contributed by atoms with Crippen LogP contribution in [0.2, 0.25) is 0 Å². The van der Waals surface area contributed by atoms with Gasteiger partial charge in [-0.05, 0) is 37.1 Å². The Morgan fingerprint density at radius 3 is 2.42 bits per heavy atom. The number of nitrogens with one attached hydrogen (secondary N) is 1. The fourth-order valence-electron chi connectivity index (χ4n) is 4.06. The van der Waals surface area contributed by atoms with Gasteiger partial charge in [-0.15, -0.1) is 0 Å². The smallest absolute Gasteiger partial charge is 0.243 e. The van der Waals surface area contributed by atoms with E-state index < -0.39 is 10.0 Å². The van der Waals surface area contributed by atoms with Crippen molar-refractivity contribution in [2.45, 2.75) is 64.4 Å². The van der Waals surface area contributed by atoms with Crippen LogP contribution in [-0.2, 0) is 27.8 Å². The molecule has 0 aliphatic rings. The summed E-state index contributed by atoms with van der Waals surface area (Å²) in [5, 5.41) is 3.05. The van der Waals surface area contributed by atoms with E-state index in [4.69, 9.17) is 4.98 Å². The number of amides is 1. The number of fused-ring (bicyclic) bond motifs is 1. The van der Waals surface area contributed by atoms with Gasteiger partial charge in [-0.1, -0.05) is 51.1 Å². The molecule has 0 bridgehead atoms. The van der Waals surface area contributed by atoms with Gasteiger partial charge in [0.2, 0.25) is 15.9 Å². The molecule has 1 aromatic heterocycles. The molecule has 1 heterocycles. The predicted molar refractivity (Wildman–Crippen MR) is 131 cm³/mol. The van der Waals surface area contributed by atoms with Gasteiger partial charge in [-0.2, -0.15) is 4.31 Å². The maximum absolute atomic E-state index is 12.9. The molecule has 33 heavy (non-hydrogen) atoms. The van der Waals surface area contributed by atoms with Crippen LogP contribution in [0.3, 0.4) is 0 Å². The van der Waals surface area contributed by atoms with Crippen molar-refractivity contribution >= 4 is 27.0 Å². The van der Waals surface area contributed by atoms with E-state index in [2.05, 4.69) is 16.8 Å². The Balaban J connectivity index is 1.80. The van der Waals surface area contributed by atoms with E-state index >= 15 is 0 Å². The zero-order valence-electron chi connectivity index (χ0n) is 19.9. The highest BCUT2D eigenvalue weighted by molar-refractivity contribution is 7.89. The first-order valence-electron chi connectivity index (χ1n) is 11.6. The summed E-state index contributed by atoms with van der Waals surface area (Å²) >= 11 is 0. The fraction of sp³-hybridized carbons (Fsp3) is 0.440. The Morgan fingerprint density at radius 1 is 1.09 bits per heavy atom. The van der Waals surface area contributed by atoms with Gasteiger partial charge in [0.15, 0.2) is 0 Å². The average molecular weight is 471 g/mol. The number of benzene rings is 2. The van der Waals surface area contributed by atoms with Crippen LogP contribution in [0.4, 0.5) is 0 Å². The highest BCUT2D eigenvalue weighted by Crippen LogP contribution is 2.24. The number of imidazole rings is 1. The largest absolute Gasteiger partial charge is 0.350 e. The minimum Gasteiger partial charge on any atom is -0.350 e. The zero-order valence-corrected chi connectivity index (χ0v) is 20.7. The molecule has 2 aromatic carbocycles. The first kappa shape index (κ1) is 24.9. The van der Waals surface area contributed by atoms with Crippen molar-refractivity contribution in [3.05, 3.63) is 59.9 Å². The second-order valence-corrected chi connectivity index (χ2v) is 10.1. The molecule has 0 saturated carbocycles. The minimum absolute atomic E-state index is 0.0359.